The van der Waals surface area contributed by atoms with Crippen LogP contribution in [0.3, 0.4) is 0 Å². The van der Waals surface area contributed by atoms with E-state index in [2.05, 4.69) is 11.7 Å². The van der Waals surface area contributed by atoms with Crippen molar-refractivity contribution in [2.75, 3.05) is 0 Å². The summed E-state index contributed by atoms with van der Waals surface area (Å²) in [5, 5.41) is 126. The van der Waals surface area contributed by atoms with Crippen LogP contribution in [0.15, 0.2) is 84.9 Å². The molecule has 7 rings (SSSR count). The molecule has 0 bridgehead atoms. The quantitative estimate of drug-likeness (QED) is 0.0106. The summed E-state index contributed by atoms with van der Waals surface area (Å²) >= 11 is 19.1. The summed E-state index contributed by atoms with van der Waals surface area (Å²) in [4.78, 5) is 162. The zero-order chi connectivity index (χ0) is 106. The van der Waals surface area contributed by atoms with Gasteiger partial charge in [-0.15, -0.1) is 0 Å². The summed E-state index contributed by atoms with van der Waals surface area (Å²) in [7, 11) is 0. The van der Waals surface area contributed by atoms with Crippen LogP contribution in [-0.4, -0.2) is 241 Å². The van der Waals surface area contributed by atoms with Crippen molar-refractivity contribution in [2.24, 2.45) is 11.8 Å². The SMILES string of the molecule is CC(=O)Oc1ccccc1C(=O)O.CCCC(CCC)C(=O)O.CCCC(CCC)C(=O)O.CCCCCCCC(=O)O.O=C(O)C(=O)O.O=C(O)C(=O)O.O=C(O)C(=O)O.O=C(O)C(=O)O.O=C(O)C(Cl)Cl.O=C(O)C(Cl)Cl.O=C(O)CCCc1ccccc1.O=C(O)CCCc1ccccc1.[NH-]C1CCCCC1[NH-].[NH-]C1CCCCC1[NH-].[NH-]C1CCCCC1[NH-].[NH-]C1CCCCC1[NH-].[Pt+2].[Pt+2].[Pt+2].[Pt+2]. The second kappa shape index (κ2) is 108. The number of hydrogen-bond donors (Lipinski definition) is 16. The van der Waals surface area contributed by atoms with Crippen LogP contribution in [-0.2, 0) is 174 Å². The summed E-state index contributed by atoms with van der Waals surface area (Å²) in [5.74, 6) is -22.2. The number of alkyl halides is 4. The third-order valence-electron chi connectivity index (χ3n) is 17.7. The molecule has 8 atom stereocenters. The second-order valence-electron chi connectivity index (χ2n) is 29.4. The zero-order valence-electron chi connectivity index (χ0n) is 78.2. The third-order valence-corrected chi connectivity index (χ3v) is 18.4. The van der Waals surface area contributed by atoms with Crippen molar-refractivity contribution in [3.8, 4) is 5.75 Å². The Balaban J connectivity index is -0.000000111. The minimum absolute atomic E-state index is 0. The van der Waals surface area contributed by atoms with E-state index in [0.29, 0.717) is 6.42 Å². The number of carbonyl (C=O) groups excluding carboxylic acids is 1. The van der Waals surface area contributed by atoms with Gasteiger partial charge >= 0.3 is 186 Å². The summed E-state index contributed by atoms with van der Waals surface area (Å²) in [6, 6.07) is 25.2. The predicted molar refractivity (Wildman–Crippen MR) is 508 cm³/mol. The van der Waals surface area contributed by atoms with E-state index in [1.165, 1.54) is 101 Å². The number of benzene rings is 3. The Morgan fingerprint density at radius 2 is 0.496 bits per heavy atom. The van der Waals surface area contributed by atoms with E-state index in [1.54, 1.807) is 12.1 Å². The van der Waals surface area contributed by atoms with Crippen LogP contribution in [0.4, 0.5) is 0 Å². The normalized spacial score (nSPS) is 15.9. The van der Waals surface area contributed by atoms with Gasteiger partial charge < -0.3 is 132 Å². The number of carboxylic acids is 16. The molecule has 24 N–H and O–H groups in total. The van der Waals surface area contributed by atoms with Crippen LogP contribution in [0.5, 0.6) is 5.75 Å². The molecule has 50 heteroatoms. The van der Waals surface area contributed by atoms with Crippen molar-refractivity contribution in [1.82, 2.24) is 0 Å². The van der Waals surface area contributed by atoms with Crippen LogP contribution in [0.2, 0.25) is 0 Å². The minimum Gasteiger partial charge on any atom is -0.676 e. The third kappa shape index (κ3) is 119. The van der Waals surface area contributed by atoms with E-state index in [1.807, 2.05) is 88.4 Å². The maximum atomic E-state index is 10.6. The zero-order valence-corrected chi connectivity index (χ0v) is 90.4. The number of aromatic carboxylic acids is 1. The average Bonchev–Trinajstić information content (AvgIpc) is 0.866. The van der Waals surface area contributed by atoms with E-state index in [4.69, 9.17) is 212 Å². The fourth-order valence-electron chi connectivity index (χ4n) is 10.6. The fraction of sp³-hybridized carbons (Fsp3) is 0.607. The van der Waals surface area contributed by atoms with E-state index in [-0.39, 0.29) is 169 Å². The van der Waals surface area contributed by atoms with Gasteiger partial charge in [-0.1, -0.05) is 308 Å². The van der Waals surface area contributed by atoms with Crippen LogP contribution in [0.25, 0.3) is 45.9 Å². The molecule has 0 radical (unpaired) electrons. The molecule has 4 fully saturated rings. The van der Waals surface area contributed by atoms with Gasteiger partial charge in [-0.3, -0.25) is 28.8 Å². The molecule has 42 nitrogen and oxygen atoms in total. The molecular weight excluding hydrogens is 2650 g/mol. The van der Waals surface area contributed by atoms with Crippen molar-refractivity contribution >= 4 is 148 Å². The molecule has 0 heterocycles. The molecule has 139 heavy (non-hydrogen) atoms. The summed E-state index contributed by atoms with van der Waals surface area (Å²) in [5.41, 5.74) is 60.7. The first-order chi connectivity index (χ1) is 63.0. The largest absolute Gasteiger partial charge is 2.00 e. The van der Waals surface area contributed by atoms with Gasteiger partial charge in [0.1, 0.15) is 11.3 Å². The first-order valence-electron chi connectivity index (χ1n) is 43.2. The van der Waals surface area contributed by atoms with Crippen molar-refractivity contribution in [3.63, 3.8) is 0 Å². The molecule has 3 aromatic carbocycles. The Bertz CT molecular complexity index is 3370. The Morgan fingerprint density at radius 1 is 0.295 bits per heavy atom. The fourth-order valence-corrected chi connectivity index (χ4v) is 10.6. The van der Waals surface area contributed by atoms with Gasteiger partial charge in [0.05, 0.1) is 11.8 Å². The number of carbonyl (C=O) groups is 17. The van der Waals surface area contributed by atoms with Gasteiger partial charge in [0.2, 0.25) is 9.67 Å². The smallest absolute Gasteiger partial charge is 0.676 e. The molecule has 0 aromatic heterocycles. The molecule has 808 valence electrons. The maximum Gasteiger partial charge on any atom is 2.00 e. The van der Waals surface area contributed by atoms with Crippen molar-refractivity contribution < 1.29 is 252 Å². The number of halogens is 4. The number of unbranched alkanes of at least 4 members (excludes halogenated alkanes) is 4. The van der Waals surface area contributed by atoms with Gasteiger partial charge in [0, 0.05) is 26.2 Å². The maximum absolute atomic E-state index is 10.6. The summed E-state index contributed by atoms with van der Waals surface area (Å²) in [6.45, 7) is 11.4. The van der Waals surface area contributed by atoms with Crippen LogP contribution >= 0.6 is 46.4 Å². The number of carboxylic acid groups (broad SMARTS) is 16. The van der Waals surface area contributed by atoms with E-state index >= 15 is 0 Å². The van der Waals surface area contributed by atoms with Gasteiger partial charge in [-0.2, -0.15) is 48.3 Å². The second-order valence-corrected chi connectivity index (χ2v) is 31.5. The number of aryl methyl sites for hydroxylation is 2. The Kier molecular flexibility index (Phi) is 123. The summed E-state index contributed by atoms with van der Waals surface area (Å²) in [6.07, 6.45) is 33.7. The number of rotatable bonds is 28. The van der Waals surface area contributed by atoms with E-state index in [0.717, 1.165) is 141 Å². The van der Waals surface area contributed by atoms with Gasteiger partial charge in [-0.05, 0) is 81.0 Å². The molecule has 4 aliphatic rings. The number of aliphatic carboxylic acids is 15. The molecule has 3 aromatic rings. The number of para-hydroxylation sites is 1. The van der Waals surface area contributed by atoms with Gasteiger partial charge in [-0.25, -0.2) is 52.7 Å². The first kappa shape index (κ1) is 159. The number of ether oxygens (including phenoxy) is 1. The van der Waals surface area contributed by atoms with Crippen LogP contribution < -0.4 is 4.74 Å². The number of esters is 1. The molecular formula is C89H140Cl4N8O34Pt4. The number of hydrogen-bond acceptors (Lipinski definition) is 18. The average molecular weight is 2790 g/mol. The van der Waals surface area contributed by atoms with Crippen molar-refractivity contribution in [2.45, 2.75) is 331 Å². The van der Waals surface area contributed by atoms with Crippen LogP contribution in [0.1, 0.15) is 281 Å². The van der Waals surface area contributed by atoms with Gasteiger partial charge in [0.15, 0.2) is 0 Å². The Morgan fingerprint density at radius 3 is 0.662 bits per heavy atom. The number of nitrogens with one attached hydrogen (secondary N) is 8. The van der Waals surface area contributed by atoms with Crippen LogP contribution in [0, 0.1) is 11.8 Å². The van der Waals surface area contributed by atoms with Crippen molar-refractivity contribution in [3.05, 3.63) is 147 Å². The minimum atomic E-state index is -1.82. The van der Waals surface area contributed by atoms with E-state index in [9.17, 15) is 43.2 Å². The standard InChI is InChI=1S/2C10H12O2.C9H8O4.3C8H16O2.4C6H12N2.2C2H2Cl2O2.4C2H2O4.4Pt/c2*11-10(12)8-4-7-9-5-2-1-3-6-9;1-6(10)13-8-5-3-2-4-7(8)9(11)12;2*1-3-5-7(6-4-2)8(9)10;1-2-3-4-5-6-7-8(9)10;4*7-5-3-1-2-4-6(5)8;6*3-1(4)2(5)6;;;;/h2*1-3,5-6H,4,7-8H2,(H,11,12);2-5H,1H3,(H,11,12);2*7H,3-6H2,1-2H3,(H,9,10);2-7H2,1H3,(H,9,10);4*5-8H,1-4H2;2*1H,(H,5,6);4*(H,3,4)(H,5,6);;;;/q;;;;;;4*-2;;;;;;;4*+2. The molecule has 0 spiro atoms. The molecule has 8 unspecified atom stereocenters. The van der Waals surface area contributed by atoms with E-state index < -0.39 is 111 Å². The molecule has 4 saturated carbocycles. The molecule has 0 aliphatic heterocycles. The van der Waals surface area contributed by atoms with Gasteiger partial charge in [0.25, 0.3) is 0 Å². The monoisotopic (exact) mass is 2780 g/mol. The van der Waals surface area contributed by atoms with Crippen molar-refractivity contribution in [1.29, 1.82) is 0 Å². The molecule has 0 amide bonds. The topological polar surface area (TPSA) is 813 Å². The molecule has 0 saturated heterocycles. The Hall–Kier alpha value is -7.76. The first-order valence-corrected chi connectivity index (χ1v) is 45.0. The predicted octanol–water partition coefficient (Wildman–Crippen LogP) is 20.5. The summed E-state index contributed by atoms with van der Waals surface area (Å²) < 4.78 is 4.69. The Labute approximate surface area is 889 Å². The molecule has 4 aliphatic carbocycles.